The molecule has 1 fully saturated rings. The molecule has 0 atom stereocenters. The summed E-state index contributed by atoms with van der Waals surface area (Å²) < 4.78 is 12.2. The zero-order valence-electron chi connectivity index (χ0n) is 13.2. The molecular weight excluding hydrogens is 263 g/mol. The van der Waals surface area contributed by atoms with E-state index in [1.807, 2.05) is 52.8 Å². The van der Waals surface area contributed by atoms with Crippen LogP contribution in [0.25, 0.3) is 10.8 Å². The molecule has 21 heavy (non-hydrogen) atoms. The molecule has 1 aliphatic rings. The minimum atomic E-state index is -0.466. The summed E-state index contributed by atoms with van der Waals surface area (Å²) in [5.41, 5.74) is 1.23. The van der Waals surface area contributed by atoms with E-state index in [4.69, 9.17) is 9.31 Å². The summed E-state index contributed by atoms with van der Waals surface area (Å²) >= 11 is 0. The monoisotopic (exact) mass is 284 g/mol. The molecule has 1 aliphatic heterocycles. The van der Waals surface area contributed by atoms with Crippen molar-refractivity contribution in [3.63, 3.8) is 0 Å². The molecule has 1 N–H and O–H groups in total. The fourth-order valence-electron chi connectivity index (χ4n) is 2.72. The highest BCUT2D eigenvalue weighted by Gasteiger charge is 2.52. The maximum atomic E-state index is 10.0. The Balaban J connectivity index is 2.16. The van der Waals surface area contributed by atoms with Gasteiger partial charge in [-0.15, -0.1) is 0 Å². The van der Waals surface area contributed by atoms with Crippen LogP contribution < -0.4 is 5.46 Å². The van der Waals surface area contributed by atoms with E-state index in [1.54, 1.807) is 12.1 Å². The maximum absolute atomic E-state index is 10.0. The zero-order chi connectivity index (χ0) is 15.4. The molecule has 0 amide bonds. The fourth-order valence-corrected chi connectivity index (χ4v) is 2.72. The van der Waals surface area contributed by atoms with E-state index in [2.05, 4.69) is 0 Å². The first-order valence-electron chi connectivity index (χ1n) is 7.29. The molecule has 0 bridgehead atoms. The number of rotatable bonds is 1. The summed E-state index contributed by atoms with van der Waals surface area (Å²) in [6, 6.07) is 9.63. The lowest BCUT2D eigenvalue weighted by atomic mass is 9.75. The van der Waals surface area contributed by atoms with Crippen LogP contribution >= 0.6 is 0 Å². The third kappa shape index (κ3) is 2.23. The van der Waals surface area contributed by atoms with Gasteiger partial charge in [-0.1, -0.05) is 18.2 Å². The Morgan fingerprint density at radius 2 is 1.57 bits per heavy atom. The summed E-state index contributed by atoms with van der Waals surface area (Å²) in [5, 5.41) is 12.1. The molecular formula is C17H21BO3. The molecule has 4 heteroatoms. The van der Waals surface area contributed by atoms with Crippen molar-refractivity contribution in [3.05, 3.63) is 35.9 Å². The van der Waals surface area contributed by atoms with E-state index in [9.17, 15) is 5.11 Å². The minimum Gasteiger partial charge on any atom is -0.508 e. The smallest absolute Gasteiger partial charge is 0.495 e. The summed E-state index contributed by atoms with van der Waals surface area (Å²) in [5.74, 6) is 0.238. The van der Waals surface area contributed by atoms with E-state index in [0.29, 0.717) is 0 Å². The van der Waals surface area contributed by atoms with Crippen molar-refractivity contribution in [2.24, 2.45) is 0 Å². The van der Waals surface area contributed by atoms with Crippen molar-refractivity contribution in [2.75, 3.05) is 0 Å². The van der Waals surface area contributed by atoms with Gasteiger partial charge in [0.05, 0.1) is 11.2 Å². The summed E-state index contributed by atoms with van der Waals surface area (Å²) in [6.45, 7) is 10.2. The molecule has 110 valence electrons. The topological polar surface area (TPSA) is 38.7 Å². The number of aryl methyl sites for hydroxylation is 1. The Morgan fingerprint density at radius 1 is 0.952 bits per heavy atom. The van der Waals surface area contributed by atoms with E-state index < -0.39 is 7.12 Å². The average molecular weight is 284 g/mol. The van der Waals surface area contributed by atoms with Crippen molar-refractivity contribution in [3.8, 4) is 5.75 Å². The normalized spacial score (nSPS) is 20.1. The van der Waals surface area contributed by atoms with Crippen LogP contribution in [0.1, 0.15) is 33.3 Å². The number of phenolic OH excluding ortho intramolecular Hbond substituents is 1. The van der Waals surface area contributed by atoms with Gasteiger partial charge in [-0.05, 0) is 68.6 Å². The largest absolute Gasteiger partial charge is 0.508 e. The molecule has 2 aromatic carbocycles. The van der Waals surface area contributed by atoms with E-state index in [-0.39, 0.29) is 17.0 Å². The summed E-state index contributed by atoms with van der Waals surface area (Å²) in [6.07, 6.45) is 0. The summed E-state index contributed by atoms with van der Waals surface area (Å²) in [7, 11) is -0.466. The number of phenols is 1. The van der Waals surface area contributed by atoms with Crippen LogP contribution in [-0.4, -0.2) is 23.4 Å². The Kier molecular flexibility index (Phi) is 3.08. The predicted molar refractivity (Wildman–Crippen MR) is 86.1 cm³/mol. The summed E-state index contributed by atoms with van der Waals surface area (Å²) in [4.78, 5) is 0. The van der Waals surface area contributed by atoms with Crippen molar-refractivity contribution in [1.82, 2.24) is 0 Å². The van der Waals surface area contributed by atoms with Crippen LogP contribution in [0.4, 0.5) is 0 Å². The maximum Gasteiger partial charge on any atom is 0.495 e. The number of hydrogen-bond donors (Lipinski definition) is 1. The fraction of sp³-hybridized carbons (Fsp3) is 0.412. The highest BCUT2D eigenvalue weighted by molar-refractivity contribution is 6.65. The van der Waals surface area contributed by atoms with Gasteiger partial charge in [-0.25, -0.2) is 0 Å². The number of fused-ring (bicyclic) bond motifs is 1. The van der Waals surface area contributed by atoms with Gasteiger partial charge in [0.15, 0.2) is 0 Å². The molecule has 0 spiro atoms. The van der Waals surface area contributed by atoms with Crippen molar-refractivity contribution in [2.45, 2.75) is 45.8 Å². The quantitative estimate of drug-likeness (QED) is 0.817. The highest BCUT2D eigenvalue weighted by Crippen LogP contribution is 2.37. The average Bonchev–Trinajstić information content (AvgIpc) is 2.59. The van der Waals surface area contributed by atoms with E-state index in [0.717, 1.165) is 21.8 Å². The lowest BCUT2D eigenvalue weighted by Crippen LogP contribution is -2.41. The van der Waals surface area contributed by atoms with Gasteiger partial charge in [-0.2, -0.15) is 0 Å². The van der Waals surface area contributed by atoms with Crippen molar-refractivity contribution < 1.29 is 14.4 Å². The molecule has 0 aromatic heterocycles. The predicted octanol–water partition coefficient (Wildman–Crippen LogP) is 3.15. The molecule has 2 aromatic rings. The van der Waals surface area contributed by atoms with Gasteiger partial charge >= 0.3 is 7.12 Å². The van der Waals surface area contributed by atoms with Crippen LogP contribution in [0.2, 0.25) is 0 Å². The molecule has 0 aliphatic carbocycles. The lowest BCUT2D eigenvalue weighted by molar-refractivity contribution is 0.00578. The number of hydrogen-bond acceptors (Lipinski definition) is 3. The van der Waals surface area contributed by atoms with Crippen molar-refractivity contribution in [1.29, 1.82) is 0 Å². The third-order valence-corrected chi connectivity index (χ3v) is 4.74. The molecule has 0 unspecified atom stereocenters. The standard InChI is InChI=1S/C17H21BO3/c1-11-7-6-8-13-14(11)9-12(19)10-15(13)18-20-16(2,3)17(4,5)21-18/h6-10,19H,1-5H3. The van der Waals surface area contributed by atoms with Crippen LogP contribution in [0.15, 0.2) is 30.3 Å². The molecule has 0 radical (unpaired) electrons. The van der Waals surface area contributed by atoms with Crippen LogP contribution in [0.3, 0.4) is 0 Å². The molecule has 3 rings (SSSR count). The lowest BCUT2D eigenvalue weighted by Gasteiger charge is -2.32. The van der Waals surface area contributed by atoms with Gasteiger partial charge in [0.2, 0.25) is 0 Å². The Morgan fingerprint density at radius 3 is 2.19 bits per heavy atom. The highest BCUT2D eigenvalue weighted by atomic mass is 16.7. The second-order valence-electron chi connectivity index (χ2n) is 6.79. The van der Waals surface area contributed by atoms with Gasteiger partial charge in [-0.3, -0.25) is 0 Å². The zero-order valence-corrected chi connectivity index (χ0v) is 13.2. The van der Waals surface area contributed by atoms with Crippen molar-refractivity contribution >= 4 is 23.4 Å². The Hall–Kier alpha value is -1.52. The van der Waals surface area contributed by atoms with E-state index >= 15 is 0 Å². The molecule has 3 nitrogen and oxygen atoms in total. The minimum absolute atomic E-state index is 0.238. The Bertz CT molecular complexity index is 690. The molecule has 1 heterocycles. The molecule has 1 saturated heterocycles. The number of benzene rings is 2. The van der Waals surface area contributed by atoms with Gasteiger partial charge < -0.3 is 14.4 Å². The van der Waals surface area contributed by atoms with Gasteiger partial charge in [0, 0.05) is 0 Å². The number of aromatic hydroxyl groups is 1. The molecule has 0 saturated carbocycles. The first-order chi connectivity index (χ1) is 9.71. The second kappa shape index (κ2) is 4.49. The second-order valence-corrected chi connectivity index (χ2v) is 6.79. The van der Waals surface area contributed by atoms with Crippen LogP contribution in [-0.2, 0) is 9.31 Å². The van der Waals surface area contributed by atoms with Crippen LogP contribution in [0, 0.1) is 6.92 Å². The van der Waals surface area contributed by atoms with E-state index in [1.165, 1.54) is 0 Å². The first-order valence-corrected chi connectivity index (χ1v) is 7.29. The third-order valence-electron chi connectivity index (χ3n) is 4.74. The SMILES string of the molecule is Cc1cccc2c(B3OC(C)(C)C(C)(C)O3)cc(O)cc12. The Labute approximate surface area is 126 Å². The van der Waals surface area contributed by atoms with Crippen LogP contribution in [0.5, 0.6) is 5.75 Å². The van der Waals surface area contributed by atoms with Gasteiger partial charge in [0.1, 0.15) is 5.75 Å². The first kappa shape index (κ1) is 14.4. The van der Waals surface area contributed by atoms with Gasteiger partial charge in [0.25, 0.3) is 0 Å².